The van der Waals surface area contributed by atoms with Crippen LogP contribution in [-0.2, 0) is 22.6 Å². The van der Waals surface area contributed by atoms with E-state index in [2.05, 4.69) is 34.5 Å². The van der Waals surface area contributed by atoms with Gasteiger partial charge in [-0.05, 0) is 18.4 Å². The second-order valence-corrected chi connectivity index (χ2v) is 8.66. The van der Waals surface area contributed by atoms with Crippen LogP contribution >= 0.6 is 11.8 Å². The summed E-state index contributed by atoms with van der Waals surface area (Å²) in [7, 11) is 0. The fourth-order valence-corrected chi connectivity index (χ4v) is 4.06. The molecule has 3 N–H and O–H groups in total. The van der Waals surface area contributed by atoms with Gasteiger partial charge in [0.2, 0.25) is 11.8 Å². The zero-order valence-corrected chi connectivity index (χ0v) is 18.6. The van der Waals surface area contributed by atoms with Crippen LogP contribution in [-0.4, -0.2) is 31.7 Å². The van der Waals surface area contributed by atoms with E-state index >= 15 is 0 Å². The van der Waals surface area contributed by atoms with Gasteiger partial charge < -0.3 is 20.1 Å². The number of aromatic nitrogens is 4. The van der Waals surface area contributed by atoms with Gasteiger partial charge in [-0.3, -0.25) is 9.59 Å². The molecule has 9 nitrogen and oxygen atoms in total. The number of nitrogens with one attached hydrogen (secondary N) is 1. The first-order valence-electron chi connectivity index (χ1n) is 9.99. The molecule has 31 heavy (non-hydrogen) atoms. The Morgan fingerprint density at radius 1 is 1.23 bits per heavy atom. The number of rotatable bonds is 10. The molecule has 0 unspecified atom stereocenters. The van der Waals surface area contributed by atoms with Crippen LogP contribution in [0.15, 0.2) is 46.1 Å². The van der Waals surface area contributed by atoms with Crippen LogP contribution in [0.5, 0.6) is 0 Å². The topological polar surface area (TPSA) is 129 Å². The van der Waals surface area contributed by atoms with Gasteiger partial charge in [-0.1, -0.05) is 61.1 Å². The maximum Gasteiger partial charge on any atom is 0.243 e. The number of thioether (sulfide) groups is 1. The Morgan fingerprint density at radius 3 is 2.58 bits per heavy atom. The van der Waals surface area contributed by atoms with Crippen molar-refractivity contribution in [3.8, 4) is 0 Å². The summed E-state index contributed by atoms with van der Waals surface area (Å²) in [4.78, 5) is 24.4. The summed E-state index contributed by atoms with van der Waals surface area (Å²) in [5.74, 6) is 1.32. The smallest absolute Gasteiger partial charge is 0.243 e. The summed E-state index contributed by atoms with van der Waals surface area (Å²) in [6.07, 6.45) is 0.588. The molecule has 0 fully saturated rings. The highest BCUT2D eigenvalue weighted by Gasteiger charge is 2.26. The average molecular weight is 443 g/mol. The molecule has 0 radical (unpaired) electrons. The van der Waals surface area contributed by atoms with Crippen molar-refractivity contribution in [2.75, 3.05) is 5.32 Å². The molecule has 10 heteroatoms. The van der Waals surface area contributed by atoms with E-state index in [4.69, 9.17) is 10.3 Å². The molecule has 1 atom stereocenters. The summed E-state index contributed by atoms with van der Waals surface area (Å²) < 4.78 is 7.01. The quantitative estimate of drug-likeness (QED) is 0.462. The van der Waals surface area contributed by atoms with Crippen LogP contribution in [0.25, 0.3) is 0 Å². The Balaban J connectivity index is 1.89. The van der Waals surface area contributed by atoms with Crippen molar-refractivity contribution in [1.82, 2.24) is 19.9 Å². The van der Waals surface area contributed by atoms with Gasteiger partial charge in [-0.15, -0.1) is 10.2 Å². The first-order valence-corrected chi connectivity index (χ1v) is 10.9. The van der Waals surface area contributed by atoms with Crippen molar-refractivity contribution in [2.45, 2.75) is 50.6 Å². The summed E-state index contributed by atoms with van der Waals surface area (Å²) in [6.45, 7) is 6.59. The number of hydrogen-bond acceptors (Lipinski definition) is 7. The average Bonchev–Trinajstić information content (AvgIpc) is 3.30. The maximum atomic E-state index is 13.1. The van der Waals surface area contributed by atoms with E-state index in [9.17, 15) is 9.59 Å². The highest BCUT2D eigenvalue weighted by molar-refractivity contribution is 8.00. The zero-order valence-electron chi connectivity index (χ0n) is 17.7. The van der Waals surface area contributed by atoms with Crippen LogP contribution in [0.4, 0.5) is 5.82 Å². The molecule has 0 spiro atoms. The Labute approximate surface area is 184 Å². The van der Waals surface area contributed by atoms with Crippen molar-refractivity contribution in [3.63, 3.8) is 0 Å². The number of hydrogen-bond donors (Lipinski definition) is 2. The van der Waals surface area contributed by atoms with Gasteiger partial charge >= 0.3 is 0 Å². The molecular weight excluding hydrogens is 416 g/mol. The normalized spacial score (nSPS) is 12.1. The second-order valence-electron chi connectivity index (χ2n) is 7.59. The number of anilines is 1. The number of nitrogens with zero attached hydrogens (tertiary/aromatic N) is 4. The first-order chi connectivity index (χ1) is 14.8. The molecular formula is C21H26N6O3S. The minimum Gasteiger partial charge on any atom is -0.370 e. The van der Waals surface area contributed by atoms with Crippen LogP contribution in [0.2, 0.25) is 0 Å². The third kappa shape index (κ3) is 6.17. The lowest BCUT2D eigenvalue weighted by Crippen LogP contribution is -2.20. The fraction of sp³-hybridized carbons (Fsp3) is 0.381. The molecule has 0 aliphatic rings. The van der Waals surface area contributed by atoms with Crippen molar-refractivity contribution in [3.05, 3.63) is 53.5 Å². The molecule has 2 heterocycles. The van der Waals surface area contributed by atoms with Crippen LogP contribution in [0.1, 0.15) is 42.7 Å². The van der Waals surface area contributed by atoms with E-state index in [1.807, 2.05) is 34.9 Å². The monoisotopic (exact) mass is 442 g/mol. The van der Waals surface area contributed by atoms with Gasteiger partial charge in [0.25, 0.3) is 0 Å². The maximum absolute atomic E-state index is 13.1. The number of benzene rings is 1. The molecule has 0 aliphatic heterocycles. The predicted octanol–water partition coefficient (Wildman–Crippen LogP) is 3.12. The van der Waals surface area contributed by atoms with E-state index in [0.29, 0.717) is 41.4 Å². The summed E-state index contributed by atoms with van der Waals surface area (Å²) in [6, 6.07) is 11.1. The van der Waals surface area contributed by atoms with Crippen molar-refractivity contribution < 1.29 is 14.1 Å². The lowest BCUT2D eigenvalue weighted by Gasteiger charge is -2.17. The number of primary amides is 1. The Kier molecular flexibility index (Phi) is 7.45. The SMILES string of the molecule is Cc1cc(NC(=O)[C@H](Sc2nnc(CCC(N)=O)n2CC(C)C)c2ccccc2)no1. The van der Waals surface area contributed by atoms with Gasteiger partial charge in [0.05, 0.1) is 0 Å². The second kappa shape index (κ2) is 10.3. The number of aryl methyl sites for hydroxylation is 2. The van der Waals surface area contributed by atoms with E-state index in [1.54, 1.807) is 13.0 Å². The van der Waals surface area contributed by atoms with Crippen LogP contribution < -0.4 is 11.1 Å². The Bertz CT molecular complexity index is 1030. The highest BCUT2D eigenvalue weighted by Crippen LogP contribution is 2.36. The Hall–Kier alpha value is -3.14. The standard InChI is InChI=1S/C21H26N6O3S/c1-13(2)12-27-18(10-9-16(22)28)24-25-21(27)31-19(15-7-5-4-6-8-15)20(29)23-17-11-14(3)30-26-17/h4-8,11,13,19H,9-10,12H2,1-3H3,(H2,22,28)(H,23,26,29)/t19-/m1/s1. The largest absolute Gasteiger partial charge is 0.370 e. The highest BCUT2D eigenvalue weighted by atomic mass is 32.2. The minimum absolute atomic E-state index is 0.189. The molecule has 164 valence electrons. The number of carbonyl (C=O) groups is 2. The molecule has 1 aromatic carbocycles. The number of amides is 2. The van der Waals surface area contributed by atoms with E-state index in [-0.39, 0.29) is 12.3 Å². The van der Waals surface area contributed by atoms with Crippen LogP contribution in [0.3, 0.4) is 0 Å². The summed E-state index contributed by atoms with van der Waals surface area (Å²) >= 11 is 1.30. The molecule has 2 amide bonds. The van der Waals surface area contributed by atoms with Crippen molar-refractivity contribution in [2.24, 2.45) is 11.7 Å². The fourth-order valence-electron chi connectivity index (χ4n) is 3.00. The van der Waals surface area contributed by atoms with Gasteiger partial charge in [0.15, 0.2) is 11.0 Å². The number of nitrogens with two attached hydrogens (primary N) is 1. The molecule has 0 saturated heterocycles. The lowest BCUT2D eigenvalue weighted by molar-refractivity contribution is -0.118. The van der Waals surface area contributed by atoms with Crippen LogP contribution in [0, 0.1) is 12.8 Å². The van der Waals surface area contributed by atoms with Gasteiger partial charge in [-0.25, -0.2) is 0 Å². The van der Waals surface area contributed by atoms with Gasteiger partial charge in [-0.2, -0.15) is 0 Å². The third-order valence-electron chi connectivity index (χ3n) is 4.38. The third-order valence-corrected chi connectivity index (χ3v) is 5.61. The first kappa shape index (κ1) is 22.5. The molecule has 3 aromatic rings. The summed E-state index contributed by atoms with van der Waals surface area (Å²) in [5, 5.41) is 15.2. The molecule has 0 saturated carbocycles. The predicted molar refractivity (Wildman–Crippen MR) is 117 cm³/mol. The Morgan fingerprint density at radius 2 is 1.97 bits per heavy atom. The van der Waals surface area contributed by atoms with Crippen molar-refractivity contribution in [1.29, 1.82) is 0 Å². The lowest BCUT2D eigenvalue weighted by atomic mass is 10.1. The molecule has 0 bridgehead atoms. The van der Waals surface area contributed by atoms with Gasteiger partial charge in [0.1, 0.15) is 16.8 Å². The molecule has 0 aliphatic carbocycles. The van der Waals surface area contributed by atoms with E-state index in [1.165, 1.54) is 11.8 Å². The van der Waals surface area contributed by atoms with E-state index in [0.717, 1.165) is 5.56 Å². The molecule has 2 aromatic heterocycles. The summed E-state index contributed by atoms with van der Waals surface area (Å²) in [5.41, 5.74) is 6.12. The number of carbonyl (C=O) groups excluding carboxylic acids is 2. The zero-order chi connectivity index (χ0) is 22.4. The van der Waals surface area contributed by atoms with Crippen molar-refractivity contribution >= 4 is 29.4 Å². The van der Waals surface area contributed by atoms with Gasteiger partial charge in [0, 0.05) is 25.5 Å². The van der Waals surface area contributed by atoms with E-state index < -0.39 is 11.2 Å². The molecule has 3 rings (SSSR count). The minimum atomic E-state index is -0.586.